The van der Waals surface area contributed by atoms with Crippen LogP contribution in [0.5, 0.6) is 0 Å². The molecule has 2 rings (SSSR count). The van der Waals surface area contributed by atoms with Gasteiger partial charge in [0.1, 0.15) is 5.92 Å². The van der Waals surface area contributed by atoms with E-state index >= 15 is 0 Å². The molecule has 3 heteroatoms. The first-order valence-electron chi connectivity index (χ1n) is 7.17. The zero-order valence-corrected chi connectivity index (χ0v) is 12.1. The molecule has 0 bridgehead atoms. The minimum Gasteiger partial charge on any atom is -0.294 e. The number of carbonyl (C=O) groups excluding carboxylic acids is 1. The molecule has 0 radical (unpaired) electrons. The molecule has 0 amide bonds. The summed E-state index contributed by atoms with van der Waals surface area (Å²) in [5, 5.41) is 18.0. The third-order valence-electron chi connectivity index (χ3n) is 3.63. The van der Waals surface area contributed by atoms with Gasteiger partial charge in [0.25, 0.3) is 0 Å². The summed E-state index contributed by atoms with van der Waals surface area (Å²) in [4.78, 5) is 12.4. The lowest BCUT2D eigenvalue weighted by atomic mass is 9.85. The quantitative estimate of drug-likeness (QED) is 0.752. The van der Waals surface area contributed by atoms with Crippen molar-refractivity contribution in [1.82, 2.24) is 0 Å². The van der Waals surface area contributed by atoms with Crippen LogP contribution in [0.2, 0.25) is 0 Å². The SMILES string of the molecule is N#CC(C#N)CC(CC(=O)c1ccccc1)c1ccccc1. The number of ketones is 1. The molecule has 2 aromatic carbocycles. The summed E-state index contributed by atoms with van der Waals surface area (Å²) in [6, 6.07) is 22.7. The zero-order valence-electron chi connectivity index (χ0n) is 12.1. The molecule has 1 unspecified atom stereocenters. The van der Waals surface area contributed by atoms with Crippen LogP contribution in [0.25, 0.3) is 0 Å². The summed E-state index contributed by atoms with van der Waals surface area (Å²) in [6.45, 7) is 0. The first-order valence-corrected chi connectivity index (χ1v) is 7.17. The van der Waals surface area contributed by atoms with Crippen molar-refractivity contribution >= 4 is 5.78 Å². The number of nitrogens with zero attached hydrogens (tertiary/aromatic N) is 2. The topological polar surface area (TPSA) is 64.7 Å². The standard InChI is InChI=1S/C19H16N2O/c20-13-15(14-21)11-18(16-7-3-1-4-8-16)12-19(22)17-9-5-2-6-10-17/h1-10,15,18H,11-12H2. The maximum absolute atomic E-state index is 12.4. The molecule has 3 nitrogen and oxygen atoms in total. The van der Waals surface area contributed by atoms with Gasteiger partial charge in [-0.15, -0.1) is 0 Å². The molecule has 0 N–H and O–H groups in total. The second-order valence-corrected chi connectivity index (χ2v) is 5.15. The Morgan fingerprint density at radius 3 is 2.00 bits per heavy atom. The Morgan fingerprint density at radius 1 is 0.909 bits per heavy atom. The fourth-order valence-corrected chi connectivity index (χ4v) is 2.45. The van der Waals surface area contributed by atoms with Gasteiger partial charge in [-0.05, 0) is 17.9 Å². The van der Waals surface area contributed by atoms with Crippen molar-refractivity contribution in [2.24, 2.45) is 5.92 Å². The van der Waals surface area contributed by atoms with Crippen LogP contribution in [-0.2, 0) is 0 Å². The second-order valence-electron chi connectivity index (χ2n) is 5.15. The van der Waals surface area contributed by atoms with Gasteiger partial charge in [0.15, 0.2) is 5.78 Å². The van der Waals surface area contributed by atoms with Crippen LogP contribution in [0.3, 0.4) is 0 Å². The minimum atomic E-state index is -0.700. The van der Waals surface area contributed by atoms with Crippen molar-refractivity contribution in [3.8, 4) is 12.1 Å². The van der Waals surface area contributed by atoms with Gasteiger partial charge in [0.2, 0.25) is 0 Å². The summed E-state index contributed by atoms with van der Waals surface area (Å²) < 4.78 is 0. The lowest BCUT2D eigenvalue weighted by Gasteiger charge is -2.17. The smallest absolute Gasteiger partial charge is 0.163 e. The molecule has 0 saturated heterocycles. The van der Waals surface area contributed by atoms with Gasteiger partial charge in [-0.1, -0.05) is 60.7 Å². The van der Waals surface area contributed by atoms with Crippen molar-refractivity contribution in [2.45, 2.75) is 18.8 Å². The molecule has 0 aliphatic heterocycles. The van der Waals surface area contributed by atoms with Crippen molar-refractivity contribution < 1.29 is 4.79 Å². The van der Waals surface area contributed by atoms with E-state index in [-0.39, 0.29) is 11.7 Å². The van der Waals surface area contributed by atoms with E-state index < -0.39 is 5.92 Å². The van der Waals surface area contributed by atoms with E-state index in [1.807, 2.05) is 60.7 Å². The molecule has 0 aromatic heterocycles. The third-order valence-corrected chi connectivity index (χ3v) is 3.63. The van der Waals surface area contributed by atoms with E-state index in [1.165, 1.54) is 0 Å². The lowest BCUT2D eigenvalue weighted by Crippen LogP contribution is -2.11. The van der Waals surface area contributed by atoms with Crippen molar-refractivity contribution in [3.05, 3.63) is 71.8 Å². The summed E-state index contributed by atoms with van der Waals surface area (Å²) in [6.07, 6.45) is 0.670. The van der Waals surface area contributed by atoms with Crippen LogP contribution in [0.4, 0.5) is 0 Å². The number of carbonyl (C=O) groups is 1. The monoisotopic (exact) mass is 288 g/mol. The fraction of sp³-hybridized carbons (Fsp3) is 0.211. The first-order chi connectivity index (χ1) is 10.7. The largest absolute Gasteiger partial charge is 0.294 e. The van der Waals surface area contributed by atoms with E-state index in [0.717, 1.165) is 5.56 Å². The van der Waals surface area contributed by atoms with Gasteiger partial charge in [-0.3, -0.25) is 4.79 Å². The number of nitriles is 2. The Balaban J connectivity index is 2.20. The fourth-order valence-electron chi connectivity index (χ4n) is 2.45. The van der Waals surface area contributed by atoms with Crippen LogP contribution in [0, 0.1) is 28.6 Å². The highest BCUT2D eigenvalue weighted by Crippen LogP contribution is 2.28. The molecule has 108 valence electrons. The van der Waals surface area contributed by atoms with Gasteiger partial charge < -0.3 is 0 Å². The Labute approximate surface area is 130 Å². The predicted molar refractivity (Wildman–Crippen MR) is 83.9 cm³/mol. The number of hydrogen-bond donors (Lipinski definition) is 0. The molecule has 0 heterocycles. The maximum atomic E-state index is 12.4. The van der Waals surface area contributed by atoms with Gasteiger partial charge in [0, 0.05) is 12.0 Å². The molecule has 1 atom stereocenters. The number of benzene rings is 2. The molecule has 0 aliphatic rings. The zero-order chi connectivity index (χ0) is 15.8. The maximum Gasteiger partial charge on any atom is 0.163 e. The van der Waals surface area contributed by atoms with E-state index in [2.05, 4.69) is 0 Å². The minimum absolute atomic E-state index is 0.0316. The summed E-state index contributed by atoms with van der Waals surface area (Å²) in [5.74, 6) is -0.795. The first kappa shape index (κ1) is 15.5. The van der Waals surface area contributed by atoms with Crippen LogP contribution >= 0.6 is 0 Å². The van der Waals surface area contributed by atoms with E-state index in [9.17, 15) is 4.79 Å². The highest BCUT2D eigenvalue weighted by molar-refractivity contribution is 5.96. The lowest BCUT2D eigenvalue weighted by molar-refractivity contribution is 0.0971. The van der Waals surface area contributed by atoms with Crippen molar-refractivity contribution in [2.75, 3.05) is 0 Å². The van der Waals surface area contributed by atoms with Gasteiger partial charge >= 0.3 is 0 Å². The summed E-state index contributed by atoms with van der Waals surface area (Å²) >= 11 is 0. The van der Waals surface area contributed by atoms with Crippen LogP contribution in [0.1, 0.15) is 34.7 Å². The Hall–Kier alpha value is -2.91. The number of Topliss-reactive ketones (excluding diaryl/α,β-unsaturated/α-hetero) is 1. The molecular weight excluding hydrogens is 272 g/mol. The molecule has 22 heavy (non-hydrogen) atoms. The number of hydrogen-bond acceptors (Lipinski definition) is 3. The molecule has 0 spiro atoms. The van der Waals surface area contributed by atoms with Crippen LogP contribution in [0.15, 0.2) is 60.7 Å². The Morgan fingerprint density at radius 2 is 1.45 bits per heavy atom. The highest BCUT2D eigenvalue weighted by atomic mass is 16.1. The third kappa shape index (κ3) is 4.04. The highest BCUT2D eigenvalue weighted by Gasteiger charge is 2.21. The van der Waals surface area contributed by atoms with Gasteiger partial charge in [-0.2, -0.15) is 10.5 Å². The second kappa shape index (κ2) is 7.76. The van der Waals surface area contributed by atoms with Crippen LogP contribution in [-0.4, -0.2) is 5.78 Å². The van der Waals surface area contributed by atoms with E-state index in [0.29, 0.717) is 18.4 Å². The van der Waals surface area contributed by atoms with E-state index in [4.69, 9.17) is 10.5 Å². The average molecular weight is 288 g/mol. The predicted octanol–water partition coefficient (Wildman–Crippen LogP) is 4.10. The normalized spacial score (nSPS) is 11.4. The van der Waals surface area contributed by atoms with Crippen molar-refractivity contribution in [1.29, 1.82) is 10.5 Å². The summed E-state index contributed by atoms with van der Waals surface area (Å²) in [7, 11) is 0. The molecule has 0 aliphatic carbocycles. The van der Waals surface area contributed by atoms with E-state index in [1.54, 1.807) is 12.1 Å². The number of rotatable bonds is 6. The van der Waals surface area contributed by atoms with Crippen molar-refractivity contribution in [3.63, 3.8) is 0 Å². The average Bonchev–Trinajstić information content (AvgIpc) is 2.60. The van der Waals surface area contributed by atoms with Crippen LogP contribution < -0.4 is 0 Å². The van der Waals surface area contributed by atoms with Gasteiger partial charge in [-0.25, -0.2) is 0 Å². The molecule has 2 aromatic rings. The van der Waals surface area contributed by atoms with Gasteiger partial charge in [0.05, 0.1) is 12.1 Å². The Bertz CT molecular complexity index is 682. The molecule has 0 saturated carbocycles. The molecule has 0 fully saturated rings. The molecular formula is C19H16N2O. The summed E-state index contributed by atoms with van der Waals surface area (Å²) in [5.41, 5.74) is 1.65. The Kier molecular flexibility index (Phi) is 5.46.